The van der Waals surface area contributed by atoms with Crippen LogP contribution in [-0.2, 0) is 14.4 Å². The van der Waals surface area contributed by atoms with Gasteiger partial charge in [0.2, 0.25) is 0 Å². The molecule has 0 radical (unpaired) electrons. The molecule has 0 saturated heterocycles. The number of allylic oxidation sites excluding steroid dienone is 2. The fraction of sp³-hybridized carbons (Fsp3) is 0.853. The van der Waals surface area contributed by atoms with Crippen molar-refractivity contribution in [2.45, 2.75) is 161 Å². The lowest BCUT2D eigenvalue weighted by Crippen LogP contribution is -2.51. The predicted molar refractivity (Wildman–Crippen MR) is 168 cm³/mol. The zero-order valence-corrected chi connectivity index (χ0v) is 26.5. The van der Waals surface area contributed by atoms with Crippen LogP contribution >= 0.6 is 0 Å². The highest BCUT2D eigenvalue weighted by atomic mass is 16.4. The van der Waals surface area contributed by atoms with E-state index in [2.05, 4.69) is 19.1 Å². The van der Waals surface area contributed by atoms with E-state index in [-0.39, 0.29) is 19.3 Å². The minimum atomic E-state index is -0.830. The van der Waals surface area contributed by atoms with Gasteiger partial charge in [-0.25, -0.2) is 0 Å². The summed E-state index contributed by atoms with van der Waals surface area (Å²) < 4.78 is 0.622. The number of hydrogen-bond donors (Lipinski definition) is 3. The van der Waals surface area contributed by atoms with Gasteiger partial charge in [-0.1, -0.05) is 103 Å². The molecule has 7 nitrogen and oxygen atoms in total. The molecule has 0 spiro atoms. The summed E-state index contributed by atoms with van der Waals surface area (Å²) in [4.78, 5) is 33.2. The smallest absolute Gasteiger partial charge is 0.303 e. The first kappa shape index (κ1) is 39.1. The van der Waals surface area contributed by atoms with Crippen LogP contribution in [0.3, 0.4) is 0 Å². The van der Waals surface area contributed by atoms with Gasteiger partial charge in [-0.3, -0.25) is 14.4 Å². The molecule has 0 bridgehead atoms. The van der Waals surface area contributed by atoms with Gasteiger partial charge in [0, 0.05) is 19.3 Å². The van der Waals surface area contributed by atoms with E-state index in [1.807, 2.05) is 0 Å². The molecule has 3 N–H and O–H groups in total. The van der Waals surface area contributed by atoms with Crippen molar-refractivity contribution in [3.05, 3.63) is 12.2 Å². The van der Waals surface area contributed by atoms with E-state index in [0.29, 0.717) is 43.4 Å². The molecule has 0 unspecified atom stereocenters. The van der Waals surface area contributed by atoms with Gasteiger partial charge in [-0.05, 0) is 32.1 Å². The molecule has 0 aliphatic heterocycles. The van der Waals surface area contributed by atoms with E-state index < -0.39 is 17.9 Å². The first-order chi connectivity index (χ1) is 19.8. The van der Waals surface area contributed by atoms with E-state index in [0.717, 1.165) is 32.2 Å². The van der Waals surface area contributed by atoms with Crippen LogP contribution in [-0.4, -0.2) is 63.9 Å². The average molecular weight is 583 g/mol. The molecule has 0 rings (SSSR count). The standard InChI is InChI=1S/C34H63NO6/c1-2-3-4-5-6-7-8-9-10-11-12-13-14-15-16-17-18-19-20-21-28-35(29-22-25-32(36)37,30-23-26-33(38)39)31-24-27-34(40)41/h17-18H,2-16,19-31H2,1H3,(H2-,36,37,38,39,40,41)/p+1/b18-17+. The van der Waals surface area contributed by atoms with Gasteiger partial charge >= 0.3 is 17.9 Å². The summed E-state index contributed by atoms with van der Waals surface area (Å²) in [6.45, 7) is 5.07. The fourth-order valence-electron chi connectivity index (χ4n) is 5.77. The first-order valence-electron chi connectivity index (χ1n) is 17.0. The molecular formula is C34H64NO6+. The van der Waals surface area contributed by atoms with E-state index in [4.69, 9.17) is 15.3 Å². The molecule has 0 heterocycles. The number of rotatable bonds is 32. The lowest BCUT2D eigenvalue weighted by atomic mass is 10.0. The van der Waals surface area contributed by atoms with Gasteiger partial charge in [-0.15, -0.1) is 0 Å². The number of nitrogens with zero attached hydrogens (tertiary/aromatic N) is 1. The molecule has 0 aromatic carbocycles. The number of carbonyl (C=O) groups is 3. The Morgan fingerprint density at radius 1 is 0.439 bits per heavy atom. The molecular weight excluding hydrogens is 518 g/mol. The predicted octanol–water partition coefficient (Wildman–Crippen LogP) is 9.00. The van der Waals surface area contributed by atoms with Gasteiger partial charge < -0.3 is 19.8 Å². The lowest BCUT2D eigenvalue weighted by Gasteiger charge is -2.39. The van der Waals surface area contributed by atoms with Gasteiger partial charge in [0.15, 0.2) is 0 Å². The molecule has 0 fully saturated rings. The Labute approximate surface area is 251 Å². The second-order valence-electron chi connectivity index (χ2n) is 12.1. The Morgan fingerprint density at radius 2 is 0.732 bits per heavy atom. The van der Waals surface area contributed by atoms with Gasteiger partial charge in [0.1, 0.15) is 0 Å². The maximum atomic E-state index is 11.1. The van der Waals surface area contributed by atoms with Crippen LogP contribution < -0.4 is 0 Å². The van der Waals surface area contributed by atoms with Crippen molar-refractivity contribution in [2.75, 3.05) is 26.2 Å². The van der Waals surface area contributed by atoms with Crippen molar-refractivity contribution >= 4 is 17.9 Å². The SMILES string of the molecule is CCCCCCCCCCCCCCCC/C=C/CCCC[N+](CCCC(=O)O)(CCCC(=O)O)CCCC(=O)O. The minimum absolute atomic E-state index is 0.0832. The van der Waals surface area contributed by atoms with Crippen LogP contribution in [0.2, 0.25) is 0 Å². The topological polar surface area (TPSA) is 112 Å². The molecule has 7 heteroatoms. The highest BCUT2D eigenvalue weighted by Crippen LogP contribution is 2.18. The highest BCUT2D eigenvalue weighted by Gasteiger charge is 2.27. The van der Waals surface area contributed by atoms with E-state index >= 15 is 0 Å². The monoisotopic (exact) mass is 582 g/mol. The summed E-state index contributed by atoms with van der Waals surface area (Å²) in [7, 11) is 0. The zero-order valence-electron chi connectivity index (χ0n) is 26.5. The van der Waals surface area contributed by atoms with Crippen LogP contribution in [0.4, 0.5) is 0 Å². The molecule has 0 atom stereocenters. The molecule has 41 heavy (non-hydrogen) atoms. The number of quaternary nitrogens is 1. The van der Waals surface area contributed by atoms with E-state index in [9.17, 15) is 14.4 Å². The van der Waals surface area contributed by atoms with Crippen molar-refractivity contribution in [1.82, 2.24) is 0 Å². The van der Waals surface area contributed by atoms with E-state index in [1.54, 1.807) is 0 Å². The maximum Gasteiger partial charge on any atom is 0.303 e. The van der Waals surface area contributed by atoms with Crippen molar-refractivity contribution in [3.63, 3.8) is 0 Å². The minimum Gasteiger partial charge on any atom is -0.481 e. The number of aliphatic carboxylic acids is 3. The van der Waals surface area contributed by atoms with Gasteiger partial charge in [-0.2, -0.15) is 0 Å². The largest absolute Gasteiger partial charge is 0.481 e. The van der Waals surface area contributed by atoms with Crippen LogP contribution in [0.1, 0.15) is 161 Å². The molecule has 0 aromatic heterocycles. The maximum absolute atomic E-state index is 11.1. The van der Waals surface area contributed by atoms with E-state index in [1.165, 1.54) is 89.9 Å². The summed E-state index contributed by atoms with van der Waals surface area (Å²) in [5.41, 5.74) is 0. The number of unbranched alkanes of at least 4 members (excludes halogenated alkanes) is 16. The third-order valence-electron chi connectivity index (χ3n) is 8.21. The number of carboxylic acid groups (broad SMARTS) is 3. The third kappa shape index (κ3) is 28.0. The molecule has 240 valence electrons. The van der Waals surface area contributed by atoms with Crippen LogP contribution in [0.15, 0.2) is 12.2 Å². The summed E-state index contributed by atoms with van der Waals surface area (Å²) in [5, 5.41) is 27.3. The molecule has 0 aromatic rings. The summed E-state index contributed by atoms with van der Waals surface area (Å²) in [6, 6.07) is 0. The number of carboxylic acids is 3. The summed E-state index contributed by atoms with van der Waals surface area (Å²) in [6.07, 6.45) is 29.8. The van der Waals surface area contributed by atoms with Crippen LogP contribution in [0.5, 0.6) is 0 Å². The Balaban J connectivity index is 4.13. The quantitative estimate of drug-likeness (QED) is 0.0414. The zero-order chi connectivity index (χ0) is 30.4. The van der Waals surface area contributed by atoms with Crippen molar-refractivity contribution in [2.24, 2.45) is 0 Å². The normalized spacial score (nSPS) is 11.8. The van der Waals surface area contributed by atoms with Crippen molar-refractivity contribution < 1.29 is 34.2 Å². The Bertz CT molecular complexity index is 628. The van der Waals surface area contributed by atoms with Gasteiger partial charge in [0.05, 0.1) is 45.4 Å². The average Bonchev–Trinajstić information content (AvgIpc) is 2.91. The highest BCUT2D eigenvalue weighted by molar-refractivity contribution is 5.67. The number of hydrogen-bond acceptors (Lipinski definition) is 3. The molecule has 0 aliphatic carbocycles. The lowest BCUT2D eigenvalue weighted by molar-refractivity contribution is -0.929. The fourth-order valence-corrected chi connectivity index (χ4v) is 5.77. The molecule has 0 saturated carbocycles. The van der Waals surface area contributed by atoms with Crippen molar-refractivity contribution in [1.29, 1.82) is 0 Å². The van der Waals surface area contributed by atoms with Crippen LogP contribution in [0, 0.1) is 0 Å². The Hall–Kier alpha value is -1.89. The summed E-state index contributed by atoms with van der Waals surface area (Å²) in [5.74, 6) is -2.49. The third-order valence-corrected chi connectivity index (χ3v) is 8.21. The second kappa shape index (κ2) is 28.2. The first-order valence-corrected chi connectivity index (χ1v) is 17.0. The van der Waals surface area contributed by atoms with Crippen molar-refractivity contribution in [3.8, 4) is 0 Å². The Morgan fingerprint density at radius 3 is 1.07 bits per heavy atom. The Kier molecular flexibility index (Phi) is 26.9. The molecule has 0 amide bonds. The second-order valence-corrected chi connectivity index (χ2v) is 12.1. The van der Waals surface area contributed by atoms with Crippen LogP contribution in [0.25, 0.3) is 0 Å². The molecule has 0 aliphatic rings. The summed E-state index contributed by atoms with van der Waals surface area (Å²) >= 11 is 0. The van der Waals surface area contributed by atoms with Gasteiger partial charge in [0.25, 0.3) is 0 Å².